The number of aromatic nitrogens is 2. The molecule has 1 heterocycles. The SMILES string of the molecule is CC(=O)c1ccc(Nc2ccc(C(=O)Nc3ccc(OC(C)C)cc3)nn2)cc1. The maximum absolute atomic E-state index is 12.4. The van der Waals surface area contributed by atoms with Crippen LogP contribution in [-0.4, -0.2) is 28.0 Å². The number of ether oxygens (including phenoxy) is 1. The van der Waals surface area contributed by atoms with Gasteiger partial charge in [0, 0.05) is 16.9 Å². The van der Waals surface area contributed by atoms with E-state index in [2.05, 4.69) is 20.8 Å². The molecule has 3 rings (SSSR count). The number of rotatable bonds is 7. The molecule has 0 atom stereocenters. The van der Waals surface area contributed by atoms with Gasteiger partial charge in [-0.15, -0.1) is 10.2 Å². The quantitative estimate of drug-likeness (QED) is 0.579. The van der Waals surface area contributed by atoms with Crippen LogP contribution in [0.5, 0.6) is 5.75 Å². The Kier molecular flexibility index (Phi) is 6.19. The zero-order chi connectivity index (χ0) is 20.8. The van der Waals surface area contributed by atoms with E-state index in [1.807, 2.05) is 13.8 Å². The van der Waals surface area contributed by atoms with Gasteiger partial charge in [-0.3, -0.25) is 9.59 Å². The minimum atomic E-state index is -0.354. The molecule has 0 aliphatic heterocycles. The molecule has 7 heteroatoms. The molecule has 2 aromatic carbocycles. The molecular weight excluding hydrogens is 368 g/mol. The lowest BCUT2D eigenvalue weighted by Gasteiger charge is -2.10. The standard InChI is InChI=1S/C22H22N4O3/c1-14(2)29-19-10-8-18(9-11-19)24-22(28)20-12-13-21(26-25-20)23-17-6-4-16(5-7-17)15(3)27/h4-14H,1-3H3,(H,23,26)(H,24,28). The van der Waals surface area contributed by atoms with E-state index < -0.39 is 0 Å². The van der Waals surface area contributed by atoms with Crippen LogP contribution >= 0.6 is 0 Å². The van der Waals surface area contributed by atoms with E-state index in [1.165, 1.54) is 6.92 Å². The molecular formula is C22H22N4O3. The van der Waals surface area contributed by atoms with E-state index in [9.17, 15) is 9.59 Å². The van der Waals surface area contributed by atoms with E-state index in [-0.39, 0.29) is 23.5 Å². The highest BCUT2D eigenvalue weighted by Gasteiger charge is 2.09. The third-order valence-electron chi connectivity index (χ3n) is 3.94. The molecule has 29 heavy (non-hydrogen) atoms. The minimum absolute atomic E-state index is 0.00814. The van der Waals surface area contributed by atoms with E-state index in [1.54, 1.807) is 60.7 Å². The minimum Gasteiger partial charge on any atom is -0.491 e. The normalized spacial score (nSPS) is 10.5. The van der Waals surface area contributed by atoms with Crippen LogP contribution in [0.4, 0.5) is 17.2 Å². The molecule has 0 saturated heterocycles. The summed E-state index contributed by atoms with van der Waals surface area (Å²) in [5.41, 5.74) is 2.24. The van der Waals surface area contributed by atoms with Crippen molar-refractivity contribution in [3.63, 3.8) is 0 Å². The Balaban J connectivity index is 1.60. The number of amides is 1. The van der Waals surface area contributed by atoms with Crippen LogP contribution in [0.25, 0.3) is 0 Å². The fourth-order valence-electron chi connectivity index (χ4n) is 2.54. The number of benzene rings is 2. The van der Waals surface area contributed by atoms with Gasteiger partial charge in [0.15, 0.2) is 17.3 Å². The van der Waals surface area contributed by atoms with Gasteiger partial charge >= 0.3 is 0 Å². The van der Waals surface area contributed by atoms with Gasteiger partial charge in [-0.2, -0.15) is 0 Å². The summed E-state index contributed by atoms with van der Waals surface area (Å²) in [6.07, 6.45) is 0.0879. The second-order valence-electron chi connectivity index (χ2n) is 6.71. The second-order valence-corrected chi connectivity index (χ2v) is 6.71. The van der Waals surface area contributed by atoms with Gasteiger partial charge in [-0.1, -0.05) is 0 Å². The van der Waals surface area contributed by atoms with Crippen LogP contribution in [0.3, 0.4) is 0 Å². The summed E-state index contributed by atoms with van der Waals surface area (Å²) in [6.45, 7) is 5.42. The molecule has 3 aromatic rings. The largest absolute Gasteiger partial charge is 0.491 e. The maximum atomic E-state index is 12.4. The fourth-order valence-corrected chi connectivity index (χ4v) is 2.54. The predicted octanol–water partition coefficient (Wildman–Crippen LogP) is 4.46. The van der Waals surface area contributed by atoms with Crippen molar-refractivity contribution in [3.05, 3.63) is 71.9 Å². The monoisotopic (exact) mass is 390 g/mol. The van der Waals surface area contributed by atoms with E-state index in [0.717, 1.165) is 11.4 Å². The highest BCUT2D eigenvalue weighted by atomic mass is 16.5. The van der Waals surface area contributed by atoms with Crippen LogP contribution in [0.1, 0.15) is 41.6 Å². The van der Waals surface area contributed by atoms with Crippen molar-refractivity contribution < 1.29 is 14.3 Å². The number of carbonyl (C=O) groups excluding carboxylic acids is 2. The first-order chi connectivity index (χ1) is 13.9. The van der Waals surface area contributed by atoms with Crippen molar-refractivity contribution >= 4 is 28.9 Å². The van der Waals surface area contributed by atoms with Crippen molar-refractivity contribution in [1.29, 1.82) is 0 Å². The van der Waals surface area contributed by atoms with E-state index in [0.29, 0.717) is 17.1 Å². The smallest absolute Gasteiger partial charge is 0.276 e. The highest BCUT2D eigenvalue weighted by Crippen LogP contribution is 2.18. The summed E-state index contributed by atoms with van der Waals surface area (Å²) >= 11 is 0. The molecule has 0 fully saturated rings. The average Bonchev–Trinajstić information content (AvgIpc) is 2.70. The van der Waals surface area contributed by atoms with Crippen molar-refractivity contribution in [2.75, 3.05) is 10.6 Å². The molecule has 1 aromatic heterocycles. The predicted molar refractivity (Wildman–Crippen MR) is 112 cm³/mol. The molecule has 2 N–H and O–H groups in total. The number of hydrogen-bond donors (Lipinski definition) is 2. The zero-order valence-corrected chi connectivity index (χ0v) is 16.5. The molecule has 148 valence electrons. The summed E-state index contributed by atoms with van der Waals surface area (Å²) in [5.74, 6) is 0.887. The lowest BCUT2D eigenvalue weighted by molar-refractivity contribution is 0.101. The van der Waals surface area contributed by atoms with E-state index in [4.69, 9.17) is 4.74 Å². The van der Waals surface area contributed by atoms with Gasteiger partial charge in [0.25, 0.3) is 5.91 Å². The number of nitrogens with zero attached hydrogens (tertiary/aromatic N) is 2. The molecule has 0 aliphatic rings. The summed E-state index contributed by atoms with van der Waals surface area (Å²) in [6, 6.07) is 17.4. The van der Waals surface area contributed by atoms with Gasteiger partial charge in [0.05, 0.1) is 6.10 Å². The zero-order valence-electron chi connectivity index (χ0n) is 16.5. The first kappa shape index (κ1) is 20.0. The van der Waals surface area contributed by atoms with Crippen molar-refractivity contribution in [1.82, 2.24) is 10.2 Å². The Hall–Kier alpha value is -3.74. The maximum Gasteiger partial charge on any atom is 0.276 e. The number of ketones is 1. The number of anilines is 3. The number of nitrogens with one attached hydrogen (secondary N) is 2. The van der Waals surface area contributed by atoms with Crippen molar-refractivity contribution in [2.24, 2.45) is 0 Å². The van der Waals surface area contributed by atoms with Crippen molar-refractivity contribution in [2.45, 2.75) is 26.9 Å². The third-order valence-corrected chi connectivity index (χ3v) is 3.94. The molecule has 1 amide bonds. The van der Waals surface area contributed by atoms with Crippen LogP contribution in [0.15, 0.2) is 60.7 Å². The number of carbonyl (C=O) groups is 2. The molecule has 0 unspecified atom stereocenters. The van der Waals surface area contributed by atoms with Crippen molar-refractivity contribution in [3.8, 4) is 5.75 Å². The summed E-state index contributed by atoms with van der Waals surface area (Å²) in [4.78, 5) is 23.7. The Morgan fingerprint density at radius 3 is 2.07 bits per heavy atom. The first-order valence-electron chi connectivity index (χ1n) is 9.20. The number of Topliss-reactive ketones (excluding diaryl/α,β-unsaturated/α-hetero) is 1. The Labute approximate surface area is 169 Å². The van der Waals surface area contributed by atoms with Gasteiger partial charge < -0.3 is 15.4 Å². The fraction of sp³-hybridized carbons (Fsp3) is 0.182. The number of hydrogen-bond acceptors (Lipinski definition) is 6. The van der Waals surface area contributed by atoms with Crippen LogP contribution in [0.2, 0.25) is 0 Å². The Morgan fingerprint density at radius 1 is 0.862 bits per heavy atom. The summed E-state index contributed by atoms with van der Waals surface area (Å²) < 4.78 is 5.58. The molecule has 0 radical (unpaired) electrons. The molecule has 0 aliphatic carbocycles. The highest BCUT2D eigenvalue weighted by molar-refractivity contribution is 6.02. The Bertz CT molecular complexity index is 982. The van der Waals surface area contributed by atoms with Gasteiger partial charge in [0.1, 0.15) is 5.75 Å². The molecule has 0 spiro atoms. The molecule has 0 bridgehead atoms. The first-order valence-corrected chi connectivity index (χ1v) is 9.20. The van der Waals surface area contributed by atoms with Crippen LogP contribution in [-0.2, 0) is 0 Å². The lowest BCUT2D eigenvalue weighted by atomic mass is 10.1. The molecule has 0 saturated carbocycles. The Morgan fingerprint density at radius 2 is 1.52 bits per heavy atom. The van der Waals surface area contributed by atoms with Crippen LogP contribution < -0.4 is 15.4 Å². The van der Waals surface area contributed by atoms with Gasteiger partial charge in [-0.05, 0) is 81.4 Å². The van der Waals surface area contributed by atoms with Crippen LogP contribution in [0, 0.1) is 0 Å². The van der Waals surface area contributed by atoms with Gasteiger partial charge in [-0.25, -0.2) is 0 Å². The topological polar surface area (TPSA) is 93.2 Å². The summed E-state index contributed by atoms with van der Waals surface area (Å²) in [7, 11) is 0. The summed E-state index contributed by atoms with van der Waals surface area (Å²) in [5, 5.41) is 13.9. The second kappa shape index (κ2) is 8.97. The lowest BCUT2D eigenvalue weighted by Crippen LogP contribution is -2.14. The molecule has 7 nitrogen and oxygen atoms in total. The third kappa shape index (κ3) is 5.62. The van der Waals surface area contributed by atoms with E-state index >= 15 is 0 Å². The van der Waals surface area contributed by atoms with Gasteiger partial charge in [0.2, 0.25) is 0 Å². The average molecular weight is 390 g/mol.